The maximum absolute atomic E-state index is 12.5. The van der Waals surface area contributed by atoms with Crippen LogP contribution in [0.5, 0.6) is 5.75 Å². The summed E-state index contributed by atoms with van der Waals surface area (Å²) < 4.78 is 5.77. The fourth-order valence-corrected chi connectivity index (χ4v) is 3.06. The first-order chi connectivity index (χ1) is 11.7. The van der Waals surface area contributed by atoms with E-state index in [0.29, 0.717) is 11.5 Å². The van der Waals surface area contributed by atoms with E-state index in [2.05, 4.69) is 4.98 Å². The third-order valence-electron chi connectivity index (χ3n) is 4.60. The molecule has 0 radical (unpaired) electrons. The number of pyridine rings is 1. The molecular weight excluding hydrogens is 300 g/mol. The Morgan fingerprint density at radius 2 is 1.92 bits per heavy atom. The monoisotopic (exact) mass is 324 g/mol. The summed E-state index contributed by atoms with van der Waals surface area (Å²) in [6.45, 7) is 4.31. The normalized spacial score (nSPS) is 15.3. The molecule has 1 aromatic heterocycles. The van der Waals surface area contributed by atoms with E-state index >= 15 is 0 Å². The molecule has 0 saturated carbocycles. The van der Waals surface area contributed by atoms with Gasteiger partial charge in [-0.1, -0.05) is 18.2 Å². The summed E-state index contributed by atoms with van der Waals surface area (Å²) >= 11 is 0. The van der Waals surface area contributed by atoms with Gasteiger partial charge in [0.15, 0.2) is 0 Å². The van der Waals surface area contributed by atoms with E-state index < -0.39 is 0 Å². The lowest BCUT2D eigenvalue weighted by molar-refractivity contribution is 0.0679. The highest BCUT2D eigenvalue weighted by Crippen LogP contribution is 2.22. The first kappa shape index (κ1) is 16.5. The van der Waals surface area contributed by atoms with Crippen molar-refractivity contribution >= 4 is 5.91 Å². The Hall–Kier alpha value is -2.36. The average Bonchev–Trinajstić information content (AvgIpc) is 2.63. The van der Waals surface area contributed by atoms with E-state index in [1.165, 1.54) is 0 Å². The Morgan fingerprint density at radius 3 is 2.58 bits per heavy atom. The number of aryl methyl sites for hydroxylation is 1. The smallest absolute Gasteiger partial charge is 0.255 e. The molecule has 1 fully saturated rings. The second kappa shape index (κ2) is 7.95. The second-order valence-corrected chi connectivity index (χ2v) is 6.37. The summed E-state index contributed by atoms with van der Waals surface area (Å²) in [4.78, 5) is 18.6. The van der Waals surface area contributed by atoms with Crippen LogP contribution in [0.25, 0.3) is 0 Å². The SMILES string of the molecule is Cc1ccc(C(=O)N2CCC(CCOc3ccccc3)CC2)cn1. The topological polar surface area (TPSA) is 42.4 Å². The molecule has 4 nitrogen and oxygen atoms in total. The van der Waals surface area contributed by atoms with Crippen molar-refractivity contribution in [1.82, 2.24) is 9.88 Å². The van der Waals surface area contributed by atoms with Gasteiger partial charge in [0.2, 0.25) is 0 Å². The minimum atomic E-state index is 0.0986. The lowest BCUT2D eigenvalue weighted by atomic mass is 9.93. The van der Waals surface area contributed by atoms with Crippen LogP contribution in [0.15, 0.2) is 48.7 Å². The number of aromatic nitrogens is 1. The number of rotatable bonds is 5. The van der Waals surface area contributed by atoms with Crippen molar-refractivity contribution in [3.8, 4) is 5.75 Å². The Bertz CT molecular complexity index is 647. The highest BCUT2D eigenvalue weighted by Gasteiger charge is 2.23. The first-order valence-electron chi connectivity index (χ1n) is 8.62. The van der Waals surface area contributed by atoms with Crippen molar-refractivity contribution in [2.75, 3.05) is 19.7 Å². The van der Waals surface area contributed by atoms with Crippen molar-refractivity contribution in [2.45, 2.75) is 26.2 Å². The van der Waals surface area contributed by atoms with E-state index in [1.54, 1.807) is 6.20 Å². The standard InChI is InChI=1S/C20H24N2O2/c1-16-7-8-18(15-21-16)20(23)22-12-9-17(10-13-22)11-14-24-19-5-3-2-4-6-19/h2-8,15,17H,9-14H2,1H3. The number of piperidine rings is 1. The summed E-state index contributed by atoms with van der Waals surface area (Å²) in [7, 11) is 0. The molecule has 4 heteroatoms. The van der Waals surface area contributed by atoms with Crippen LogP contribution < -0.4 is 4.74 Å². The average molecular weight is 324 g/mol. The van der Waals surface area contributed by atoms with Gasteiger partial charge in [0.05, 0.1) is 12.2 Å². The molecule has 24 heavy (non-hydrogen) atoms. The molecule has 1 amide bonds. The minimum absolute atomic E-state index is 0.0986. The first-order valence-corrected chi connectivity index (χ1v) is 8.62. The zero-order valence-electron chi connectivity index (χ0n) is 14.1. The Kier molecular flexibility index (Phi) is 5.47. The Morgan fingerprint density at radius 1 is 1.17 bits per heavy atom. The third kappa shape index (κ3) is 4.34. The molecule has 0 spiro atoms. The fraction of sp³-hybridized carbons (Fsp3) is 0.400. The number of nitrogens with zero attached hydrogens (tertiary/aromatic N) is 2. The maximum Gasteiger partial charge on any atom is 0.255 e. The molecule has 2 aromatic rings. The van der Waals surface area contributed by atoms with E-state index in [9.17, 15) is 4.79 Å². The zero-order chi connectivity index (χ0) is 16.8. The van der Waals surface area contributed by atoms with Gasteiger partial charge in [0.25, 0.3) is 5.91 Å². The molecule has 1 saturated heterocycles. The lowest BCUT2D eigenvalue weighted by Gasteiger charge is -2.32. The van der Waals surface area contributed by atoms with Crippen molar-refractivity contribution in [1.29, 1.82) is 0 Å². The van der Waals surface area contributed by atoms with E-state index in [1.807, 2.05) is 54.3 Å². The zero-order valence-corrected chi connectivity index (χ0v) is 14.1. The summed E-state index contributed by atoms with van der Waals surface area (Å²) in [5, 5.41) is 0. The van der Waals surface area contributed by atoms with Crippen LogP contribution >= 0.6 is 0 Å². The number of likely N-dealkylation sites (tertiary alicyclic amines) is 1. The minimum Gasteiger partial charge on any atom is -0.494 e. The Balaban J connectivity index is 1.42. The highest BCUT2D eigenvalue weighted by molar-refractivity contribution is 5.93. The lowest BCUT2D eigenvalue weighted by Crippen LogP contribution is -2.38. The molecular formula is C20H24N2O2. The highest BCUT2D eigenvalue weighted by atomic mass is 16.5. The summed E-state index contributed by atoms with van der Waals surface area (Å²) in [6, 6.07) is 13.7. The number of amides is 1. The van der Waals surface area contributed by atoms with Crippen LogP contribution in [-0.2, 0) is 0 Å². The van der Waals surface area contributed by atoms with E-state index in [-0.39, 0.29) is 5.91 Å². The van der Waals surface area contributed by atoms with Crippen LogP contribution in [0.3, 0.4) is 0 Å². The van der Waals surface area contributed by atoms with Crippen LogP contribution in [-0.4, -0.2) is 35.5 Å². The van der Waals surface area contributed by atoms with Gasteiger partial charge in [0, 0.05) is 25.0 Å². The van der Waals surface area contributed by atoms with Gasteiger partial charge in [-0.15, -0.1) is 0 Å². The van der Waals surface area contributed by atoms with Crippen molar-refractivity contribution in [2.24, 2.45) is 5.92 Å². The molecule has 0 N–H and O–H groups in total. The molecule has 0 atom stereocenters. The fourth-order valence-electron chi connectivity index (χ4n) is 3.06. The van der Waals surface area contributed by atoms with Crippen molar-refractivity contribution in [3.63, 3.8) is 0 Å². The van der Waals surface area contributed by atoms with Crippen LogP contribution in [0, 0.1) is 12.8 Å². The van der Waals surface area contributed by atoms with Gasteiger partial charge < -0.3 is 9.64 Å². The molecule has 1 aliphatic rings. The van der Waals surface area contributed by atoms with Crippen LogP contribution in [0.1, 0.15) is 35.3 Å². The molecule has 0 bridgehead atoms. The van der Waals surface area contributed by atoms with Gasteiger partial charge >= 0.3 is 0 Å². The molecule has 3 rings (SSSR count). The number of hydrogen-bond donors (Lipinski definition) is 0. The van der Waals surface area contributed by atoms with E-state index in [4.69, 9.17) is 4.74 Å². The predicted molar refractivity (Wildman–Crippen MR) is 94.2 cm³/mol. The van der Waals surface area contributed by atoms with Crippen LogP contribution in [0.4, 0.5) is 0 Å². The molecule has 0 unspecified atom stereocenters. The third-order valence-corrected chi connectivity index (χ3v) is 4.60. The predicted octanol–water partition coefficient (Wildman–Crippen LogP) is 3.71. The van der Waals surface area contributed by atoms with E-state index in [0.717, 1.165) is 50.4 Å². The summed E-state index contributed by atoms with van der Waals surface area (Å²) in [6.07, 6.45) is 4.81. The van der Waals surface area contributed by atoms with Gasteiger partial charge in [-0.25, -0.2) is 0 Å². The van der Waals surface area contributed by atoms with Gasteiger partial charge in [-0.2, -0.15) is 0 Å². The second-order valence-electron chi connectivity index (χ2n) is 6.37. The van der Waals surface area contributed by atoms with Gasteiger partial charge in [-0.3, -0.25) is 9.78 Å². The van der Waals surface area contributed by atoms with Crippen molar-refractivity contribution < 1.29 is 9.53 Å². The number of carbonyl (C=O) groups is 1. The molecule has 2 heterocycles. The molecule has 0 aliphatic carbocycles. The van der Waals surface area contributed by atoms with Crippen LogP contribution in [0.2, 0.25) is 0 Å². The molecule has 1 aromatic carbocycles. The van der Waals surface area contributed by atoms with Crippen molar-refractivity contribution in [3.05, 3.63) is 59.9 Å². The number of hydrogen-bond acceptors (Lipinski definition) is 3. The number of ether oxygens (including phenoxy) is 1. The summed E-state index contributed by atoms with van der Waals surface area (Å²) in [5.41, 5.74) is 1.62. The number of carbonyl (C=O) groups excluding carboxylic acids is 1. The Labute approximate surface area is 143 Å². The number of para-hydroxylation sites is 1. The van der Waals surface area contributed by atoms with Gasteiger partial charge in [-0.05, 0) is 56.4 Å². The largest absolute Gasteiger partial charge is 0.494 e. The maximum atomic E-state index is 12.5. The summed E-state index contributed by atoms with van der Waals surface area (Å²) in [5.74, 6) is 1.66. The molecule has 1 aliphatic heterocycles. The number of benzene rings is 1. The quantitative estimate of drug-likeness (QED) is 0.842. The van der Waals surface area contributed by atoms with Gasteiger partial charge in [0.1, 0.15) is 5.75 Å². The molecule has 126 valence electrons.